The smallest absolute Gasteiger partial charge is 0.387 e. The minimum atomic E-state index is -4.64. The number of phosphoric acid groups is 1. The van der Waals surface area contributed by atoms with E-state index in [9.17, 15) is 8.96 Å². The van der Waals surface area contributed by atoms with Crippen LogP contribution in [0.5, 0.6) is 0 Å². The lowest BCUT2D eigenvalue weighted by molar-refractivity contribution is -0.132. The molecular formula is C17H20ClFN5O8P. The predicted molar refractivity (Wildman–Crippen MR) is 111 cm³/mol. The molecule has 0 amide bonds. The summed E-state index contributed by atoms with van der Waals surface area (Å²) in [6.07, 6.45) is -2.68. The van der Waals surface area contributed by atoms with Crippen LogP contribution >= 0.6 is 19.4 Å². The molecule has 16 heteroatoms. The molecule has 13 nitrogen and oxygen atoms in total. The Morgan fingerprint density at radius 2 is 1.97 bits per heavy atom. The van der Waals surface area contributed by atoms with Crippen LogP contribution in [0.2, 0.25) is 5.02 Å². The number of imidazole rings is 1. The van der Waals surface area contributed by atoms with Crippen LogP contribution in [0.25, 0.3) is 11.2 Å². The van der Waals surface area contributed by atoms with Crippen LogP contribution in [0.15, 0.2) is 30.9 Å². The molecule has 0 spiro atoms. The van der Waals surface area contributed by atoms with Gasteiger partial charge in [-0.05, 0) is 17.7 Å². The number of hydrogen-bond donors (Lipinski definition) is 7. The highest BCUT2D eigenvalue weighted by Gasteiger charge is 2.42. The molecule has 1 unspecified atom stereocenters. The topological polar surface area (TPSA) is 203 Å². The van der Waals surface area contributed by atoms with Crippen molar-refractivity contribution in [3.05, 3.63) is 47.3 Å². The van der Waals surface area contributed by atoms with Crippen molar-refractivity contribution in [2.45, 2.75) is 31.1 Å². The van der Waals surface area contributed by atoms with Crippen molar-refractivity contribution in [2.75, 3.05) is 11.9 Å². The number of aromatic nitrogens is 4. The molecule has 0 aliphatic carbocycles. The number of hydrogen-bond acceptors (Lipinski definition) is 10. The van der Waals surface area contributed by atoms with E-state index in [1.54, 1.807) is 18.5 Å². The summed E-state index contributed by atoms with van der Waals surface area (Å²) < 4.78 is 31.9. The third-order valence-electron chi connectivity index (χ3n) is 4.41. The summed E-state index contributed by atoms with van der Waals surface area (Å²) in [5, 5.41) is 30.3. The summed E-state index contributed by atoms with van der Waals surface area (Å²) in [7, 11) is -4.64. The fraction of sp³-hybridized carbons (Fsp3) is 0.353. The number of fused-ring (bicyclic) bond motifs is 1. The Morgan fingerprint density at radius 1 is 1.21 bits per heavy atom. The van der Waals surface area contributed by atoms with Crippen molar-refractivity contribution in [1.82, 2.24) is 19.9 Å². The molecule has 3 heterocycles. The molecule has 1 aliphatic heterocycles. The number of aliphatic hydroxyl groups is 3. The van der Waals surface area contributed by atoms with Crippen LogP contribution in [0, 0.1) is 5.82 Å². The van der Waals surface area contributed by atoms with Crippen molar-refractivity contribution in [2.24, 2.45) is 0 Å². The van der Waals surface area contributed by atoms with E-state index in [0.29, 0.717) is 18.0 Å². The van der Waals surface area contributed by atoms with Gasteiger partial charge in [0.25, 0.3) is 0 Å². The van der Waals surface area contributed by atoms with Crippen LogP contribution in [0.3, 0.4) is 0 Å². The number of benzene rings is 1. The Kier molecular flexibility index (Phi) is 8.28. The first-order valence-electron chi connectivity index (χ1n) is 9.27. The third-order valence-corrected chi connectivity index (χ3v) is 5.19. The number of aliphatic hydroxyl groups excluding tert-OH is 3. The Balaban J connectivity index is 0.000000196. The quantitative estimate of drug-likeness (QED) is 0.225. The van der Waals surface area contributed by atoms with Crippen LogP contribution in [0.4, 0.5) is 10.2 Å². The number of anilines is 1. The summed E-state index contributed by atoms with van der Waals surface area (Å²) in [4.78, 5) is 31.8. The molecule has 4 rings (SSSR count). The second-order valence-corrected chi connectivity index (χ2v) is 8.40. The molecule has 1 fully saturated rings. The Hall–Kier alpha value is -2.26. The molecule has 7 N–H and O–H groups in total. The van der Waals surface area contributed by atoms with Gasteiger partial charge < -0.3 is 40.1 Å². The number of rotatable bonds is 6. The maximum Gasteiger partial charge on any atom is 0.469 e. The number of aromatic amines is 1. The lowest BCUT2D eigenvalue weighted by Gasteiger charge is -2.14. The van der Waals surface area contributed by atoms with Gasteiger partial charge >= 0.3 is 7.82 Å². The highest BCUT2D eigenvalue weighted by atomic mass is 35.5. The van der Waals surface area contributed by atoms with Gasteiger partial charge in [0.15, 0.2) is 17.8 Å². The summed E-state index contributed by atoms with van der Waals surface area (Å²) in [5.41, 5.74) is 2.18. The zero-order chi connectivity index (χ0) is 24.2. The average Bonchev–Trinajstić information content (AvgIpc) is 3.34. The summed E-state index contributed by atoms with van der Waals surface area (Å²) in [5.74, 6) is 0.214. The molecular weight excluding hydrogens is 488 g/mol. The fourth-order valence-electron chi connectivity index (χ4n) is 2.77. The van der Waals surface area contributed by atoms with Gasteiger partial charge in [-0.3, -0.25) is 4.52 Å². The molecule has 0 bridgehead atoms. The van der Waals surface area contributed by atoms with E-state index in [1.807, 2.05) is 0 Å². The van der Waals surface area contributed by atoms with E-state index >= 15 is 0 Å². The zero-order valence-electron chi connectivity index (χ0n) is 16.6. The molecule has 4 atom stereocenters. The van der Waals surface area contributed by atoms with Crippen molar-refractivity contribution in [1.29, 1.82) is 0 Å². The predicted octanol–water partition coefficient (Wildman–Crippen LogP) is 0.292. The van der Waals surface area contributed by atoms with Gasteiger partial charge in [0.2, 0.25) is 0 Å². The van der Waals surface area contributed by atoms with E-state index in [4.69, 9.17) is 36.7 Å². The van der Waals surface area contributed by atoms with Gasteiger partial charge in [-0.1, -0.05) is 17.7 Å². The molecule has 0 saturated carbocycles. The molecule has 3 aromatic rings. The first-order chi connectivity index (χ1) is 15.5. The van der Waals surface area contributed by atoms with Gasteiger partial charge in [-0.2, -0.15) is 0 Å². The van der Waals surface area contributed by atoms with Crippen LogP contribution in [-0.4, -0.2) is 76.3 Å². The Labute approximate surface area is 190 Å². The maximum absolute atomic E-state index is 13.0. The summed E-state index contributed by atoms with van der Waals surface area (Å²) >= 11 is 5.73. The van der Waals surface area contributed by atoms with Gasteiger partial charge in [0.05, 0.1) is 18.0 Å². The highest BCUT2D eigenvalue weighted by molar-refractivity contribution is 7.46. The Morgan fingerprint density at radius 3 is 2.61 bits per heavy atom. The monoisotopic (exact) mass is 507 g/mol. The van der Waals surface area contributed by atoms with Gasteiger partial charge in [0, 0.05) is 6.54 Å². The number of halogens is 2. The highest BCUT2D eigenvalue weighted by Crippen LogP contribution is 2.37. The normalized spacial score (nSPS) is 22.8. The minimum Gasteiger partial charge on any atom is -0.387 e. The molecule has 1 saturated heterocycles. The summed E-state index contributed by atoms with van der Waals surface area (Å²) in [6, 6.07) is 4.58. The molecule has 1 aromatic carbocycles. The van der Waals surface area contributed by atoms with Crippen molar-refractivity contribution >= 4 is 36.4 Å². The van der Waals surface area contributed by atoms with Crippen molar-refractivity contribution < 1.29 is 43.3 Å². The second kappa shape index (κ2) is 10.8. The first kappa shape index (κ1) is 25.4. The number of nitrogens with one attached hydrogen (secondary N) is 2. The standard InChI is InChI=1S/C12H9ClFN5.C5H11O8P/c13-8-3-7(1-2-9(8)14)4-15-11-10-12(17-5-16-10)19-6-18-11;6-3-2(1-12-14(9,10)11)13-5(8)4(3)7/h1-3,5-6H,4H2,(H2,15,16,17,18,19);2-8H,1H2,(H2,9,10,11)/t;2-,3-,4-,5?/m.1/s1. The maximum atomic E-state index is 13.0. The van der Waals surface area contributed by atoms with E-state index in [2.05, 4.69) is 34.5 Å². The molecule has 0 radical (unpaired) electrons. The van der Waals surface area contributed by atoms with Crippen LogP contribution < -0.4 is 5.32 Å². The number of H-pyrrole nitrogens is 1. The summed E-state index contributed by atoms with van der Waals surface area (Å²) in [6.45, 7) is -0.134. The average molecular weight is 508 g/mol. The molecule has 2 aromatic heterocycles. The van der Waals surface area contributed by atoms with Gasteiger partial charge in [-0.25, -0.2) is 23.9 Å². The van der Waals surface area contributed by atoms with Crippen molar-refractivity contribution in [3.8, 4) is 0 Å². The SMILES string of the molecule is Fc1ccc(CNc2ncnc3nc[nH]c23)cc1Cl.O=P(O)(O)OC[C@H]1OC(O)[C@H](O)[C@@H]1O. The third kappa shape index (κ3) is 6.86. The first-order valence-corrected chi connectivity index (χ1v) is 11.2. The second-order valence-electron chi connectivity index (χ2n) is 6.76. The van der Waals surface area contributed by atoms with Gasteiger partial charge in [0.1, 0.15) is 36.0 Å². The van der Waals surface area contributed by atoms with E-state index in [0.717, 1.165) is 11.1 Å². The lowest BCUT2D eigenvalue weighted by Crippen LogP contribution is -2.34. The minimum absolute atomic E-state index is 0.105. The Bertz CT molecular complexity index is 1130. The van der Waals surface area contributed by atoms with E-state index < -0.39 is 44.8 Å². The molecule has 33 heavy (non-hydrogen) atoms. The largest absolute Gasteiger partial charge is 0.469 e. The fourth-order valence-corrected chi connectivity index (χ4v) is 3.32. The van der Waals surface area contributed by atoms with E-state index in [1.165, 1.54) is 12.4 Å². The van der Waals surface area contributed by atoms with Crippen molar-refractivity contribution in [3.63, 3.8) is 0 Å². The number of nitrogens with zero attached hydrogens (tertiary/aromatic N) is 3. The van der Waals surface area contributed by atoms with Gasteiger partial charge in [-0.15, -0.1) is 0 Å². The molecule has 180 valence electrons. The van der Waals surface area contributed by atoms with Crippen LogP contribution in [0.1, 0.15) is 5.56 Å². The lowest BCUT2D eigenvalue weighted by atomic mass is 10.1. The zero-order valence-corrected chi connectivity index (χ0v) is 18.3. The number of ether oxygens (including phenoxy) is 1. The van der Waals surface area contributed by atoms with E-state index in [-0.39, 0.29) is 5.02 Å². The number of phosphoric ester groups is 1. The van der Waals surface area contributed by atoms with Crippen LogP contribution in [-0.2, 0) is 20.4 Å². The molecule has 1 aliphatic rings.